The van der Waals surface area contributed by atoms with Crippen molar-refractivity contribution in [2.75, 3.05) is 6.61 Å². The molecule has 10 heteroatoms. The molecule has 7 nitrogen and oxygen atoms in total. The van der Waals surface area contributed by atoms with E-state index in [0.717, 1.165) is 0 Å². The summed E-state index contributed by atoms with van der Waals surface area (Å²) in [6, 6.07) is 2.98. The molecule has 2 aromatic heterocycles. The van der Waals surface area contributed by atoms with Gasteiger partial charge in [-0.15, -0.1) is 0 Å². The van der Waals surface area contributed by atoms with Crippen molar-refractivity contribution in [3.8, 4) is 5.75 Å². The summed E-state index contributed by atoms with van der Waals surface area (Å²) >= 11 is 0. The van der Waals surface area contributed by atoms with Crippen LogP contribution in [0.1, 0.15) is 37.7 Å². The molecule has 2 aromatic rings. The number of hydrogen-bond donors (Lipinski definition) is 1. The topological polar surface area (TPSA) is 92.6 Å². The molecule has 1 amide bonds. The van der Waals surface area contributed by atoms with Gasteiger partial charge in [0.2, 0.25) is 0 Å². The average molecular weight is 381 g/mol. The quantitative estimate of drug-likeness (QED) is 0.856. The van der Waals surface area contributed by atoms with Crippen LogP contribution in [0.4, 0.5) is 13.2 Å². The fourth-order valence-electron chi connectivity index (χ4n) is 2.79. The van der Waals surface area contributed by atoms with E-state index in [4.69, 9.17) is 4.74 Å². The Morgan fingerprint density at radius 2 is 2.11 bits per heavy atom. The molecule has 0 unspecified atom stereocenters. The number of nitrogens with zero attached hydrogens (tertiary/aromatic N) is 3. The SMILES string of the molecule is Cc1cc(CN2Cc3c(ccnc3C(=O)O)C2=O)ncc1OCC(F)(F)F. The molecule has 1 aliphatic heterocycles. The Morgan fingerprint density at radius 3 is 2.74 bits per heavy atom. The molecule has 1 N–H and O–H groups in total. The molecule has 142 valence electrons. The van der Waals surface area contributed by atoms with Crippen LogP contribution in [-0.2, 0) is 13.1 Å². The molecule has 0 bridgehead atoms. The molecule has 0 aromatic carbocycles. The van der Waals surface area contributed by atoms with Crippen LogP contribution >= 0.6 is 0 Å². The van der Waals surface area contributed by atoms with E-state index in [1.807, 2.05) is 0 Å². The van der Waals surface area contributed by atoms with Crippen molar-refractivity contribution in [1.82, 2.24) is 14.9 Å². The fraction of sp³-hybridized carbons (Fsp3) is 0.294. The maximum absolute atomic E-state index is 12.5. The minimum absolute atomic E-state index is 0.00414. The lowest BCUT2D eigenvalue weighted by Crippen LogP contribution is -2.24. The first-order chi connectivity index (χ1) is 12.7. The molecule has 27 heavy (non-hydrogen) atoms. The number of carbonyl (C=O) groups excluding carboxylic acids is 1. The highest BCUT2D eigenvalue weighted by Crippen LogP contribution is 2.27. The highest BCUT2D eigenvalue weighted by atomic mass is 19.4. The van der Waals surface area contributed by atoms with Crippen LogP contribution in [0.3, 0.4) is 0 Å². The van der Waals surface area contributed by atoms with Crippen molar-refractivity contribution in [2.45, 2.75) is 26.2 Å². The smallest absolute Gasteiger partial charge is 0.422 e. The van der Waals surface area contributed by atoms with Gasteiger partial charge >= 0.3 is 12.1 Å². The maximum Gasteiger partial charge on any atom is 0.422 e. The standard InChI is InChI=1S/C17H14F3N3O4/c1-9-4-10(22-5-13(9)27-8-17(18,19)20)6-23-7-12-11(15(23)24)2-3-21-14(12)16(25)26/h2-5H,6-8H2,1H3,(H,25,26). The van der Waals surface area contributed by atoms with E-state index in [-0.39, 0.29) is 36.0 Å². The zero-order valence-corrected chi connectivity index (χ0v) is 14.1. The minimum atomic E-state index is -4.45. The summed E-state index contributed by atoms with van der Waals surface area (Å²) < 4.78 is 41.4. The second-order valence-corrected chi connectivity index (χ2v) is 6.00. The van der Waals surface area contributed by atoms with Gasteiger partial charge in [0.1, 0.15) is 5.75 Å². The molecule has 0 spiro atoms. The van der Waals surface area contributed by atoms with Crippen molar-refractivity contribution in [3.63, 3.8) is 0 Å². The first-order valence-electron chi connectivity index (χ1n) is 7.81. The van der Waals surface area contributed by atoms with Gasteiger partial charge in [-0.25, -0.2) is 9.78 Å². The van der Waals surface area contributed by atoms with Gasteiger partial charge in [-0.3, -0.25) is 9.78 Å². The number of rotatable bonds is 5. The maximum atomic E-state index is 12.5. The molecule has 1 aliphatic rings. The number of halogens is 3. The van der Waals surface area contributed by atoms with Gasteiger partial charge in [-0.05, 0) is 24.6 Å². The molecule has 3 rings (SSSR count). The molecular weight excluding hydrogens is 367 g/mol. The van der Waals surface area contributed by atoms with E-state index in [1.54, 1.807) is 6.92 Å². The second-order valence-electron chi connectivity index (χ2n) is 6.00. The van der Waals surface area contributed by atoms with E-state index in [0.29, 0.717) is 16.8 Å². The fourth-order valence-corrected chi connectivity index (χ4v) is 2.79. The van der Waals surface area contributed by atoms with Crippen molar-refractivity contribution in [1.29, 1.82) is 0 Å². The molecule has 0 atom stereocenters. The number of carboxylic acids is 1. The summed E-state index contributed by atoms with van der Waals surface area (Å²) in [5.41, 5.74) is 1.31. The lowest BCUT2D eigenvalue weighted by molar-refractivity contribution is -0.153. The van der Waals surface area contributed by atoms with Gasteiger partial charge < -0.3 is 14.7 Å². The van der Waals surface area contributed by atoms with Gasteiger partial charge in [0.05, 0.1) is 18.4 Å². The van der Waals surface area contributed by atoms with Crippen molar-refractivity contribution < 1.29 is 32.6 Å². The molecule has 0 radical (unpaired) electrons. The van der Waals surface area contributed by atoms with Crippen molar-refractivity contribution in [2.24, 2.45) is 0 Å². The third-order valence-corrected chi connectivity index (χ3v) is 3.99. The van der Waals surface area contributed by atoms with E-state index < -0.39 is 18.8 Å². The van der Waals surface area contributed by atoms with E-state index in [2.05, 4.69) is 9.97 Å². The summed E-state index contributed by atoms with van der Waals surface area (Å²) in [6.07, 6.45) is -2.01. The lowest BCUT2D eigenvalue weighted by Gasteiger charge is -2.16. The van der Waals surface area contributed by atoms with Crippen molar-refractivity contribution >= 4 is 11.9 Å². The van der Waals surface area contributed by atoms with Crippen LogP contribution in [0.15, 0.2) is 24.5 Å². The van der Waals surface area contributed by atoms with Crippen LogP contribution in [0.2, 0.25) is 0 Å². The number of alkyl halides is 3. The Morgan fingerprint density at radius 1 is 1.37 bits per heavy atom. The van der Waals surface area contributed by atoms with Crippen LogP contribution in [0.5, 0.6) is 5.75 Å². The second kappa shape index (κ2) is 6.86. The predicted molar refractivity (Wildman–Crippen MR) is 85.3 cm³/mol. The number of carbonyl (C=O) groups is 2. The third kappa shape index (κ3) is 3.99. The molecule has 0 aliphatic carbocycles. The number of hydrogen-bond acceptors (Lipinski definition) is 5. The van der Waals surface area contributed by atoms with Crippen molar-refractivity contribution in [3.05, 3.63) is 52.6 Å². The van der Waals surface area contributed by atoms with Gasteiger partial charge in [-0.2, -0.15) is 13.2 Å². The molecular formula is C17H14F3N3O4. The van der Waals surface area contributed by atoms with Crippen LogP contribution in [-0.4, -0.2) is 44.6 Å². The highest BCUT2D eigenvalue weighted by Gasteiger charge is 2.32. The predicted octanol–water partition coefficient (Wildman–Crippen LogP) is 2.58. The summed E-state index contributed by atoms with van der Waals surface area (Å²) in [7, 11) is 0. The van der Waals surface area contributed by atoms with Gasteiger partial charge in [0, 0.05) is 23.9 Å². The zero-order chi connectivity index (χ0) is 19.8. The minimum Gasteiger partial charge on any atom is -0.482 e. The number of amides is 1. The monoisotopic (exact) mass is 381 g/mol. The summed E-state index contributed by atoms with van der Waals surface area (Å²) in [5.74, 6) is -1.57. The number of aromatic carboxylic acids is 1. The zero-order valence-electron chi connectivity index (χ0n) is 14.1. The molecule has 0 saturated carbocycles. The van der Waals surface area contributed by atoms with Crippen LogP contribution in [0, 0.1) is 6.92 Å². The Bertz CT molecular complexity index is 915. The van der Waals surface area contributed by atoms with Gasteiger partial charge in [0.15, 0.2) is 12.3 Å². The number of fused-ring (bicyclic) bond motifs is 1. The summed E-state index contributed by atoms with van der Waals surface area (Å²) in [4.78, 5) is 32.9. The first-order valence-corrected chi connectivity index (χ1v) is 7.81. The Hall–Kier alpha value is -3.17. The summed E-state index contributed by atoms with van der Waals surface area (Å²) in [5, 5.41) is 9.19. The molecule has 0 fully saturated rings. The number of aryl methyl sites for hydroxylation is 1. The largest absolute Gasteiger partial charge is 0.482 e. The van der Waals surface area contributed by atoms with E-state index in [1.165, 1.54) is 29.4 Å². The average Bonchev–Trinajstić information content (AvgIpc) is 2.89. The number of carboxylic acid groups (broad SMARTS) is 1. The molecule has 0 saturated heterocycles. The molecule has 3 heterocycles. The van der Waals surface area contributed by atoms with E-state index >= 15 is 0 Å². The van der Waals surface area contributed by atoms with E-state index in [9.17, 15) is 27.9 Å². The Balaban J connectivity index is 1.75. The number of pyridine rings is 2. The third-order valence-electron chi connectivity index (χ3n) is 3.99. The highest BCUT2D eigenvalue weighted by molar-refractivity contribution is 6.01. The van der Waals surface area contributed by atoms with Gasteiger partial charge in [-0.1, -0.05) is 0 Å². The summed E-state index contributed by atoms with van der Waals surface area (Å²) in [6.45, 7) is 0.299. The number of ether oxygens (including phenoxy) is 1. The number of aromatic nitrogens is 2. The van der Waals surface area contributed by atoms with Gasteiger partial charge in [0.25, 0.3) is 5.91 Å². The Kier molecular flexibility index (Phi) is 4.73. The normalized spacial score (nSPS) is 13.6. The van der Waals surface area contributed by atoms with Crippen LogP contribution < -0.4 is 4.74 Å². The van der Waals surface area contributed by atoms with Crippen LogP contribution in [0.25, 0.3) is 0 Å². The Labute approximate surface area is 151 Å². The first kappa shape index (κ1) is 18.6. The lowest BCUT2D eigenvalue weighted by atomic mass is 10.1.